The van der Waals surface area contributed by atoms with Crippen LogP contribution in [0, 0.1) is 5.92 Å². The Balaban J connectivity index is 2.35. The van der Waals surface area contributed by atoms with E-state index in [1.807, 2.05) is 18.2 Å². The van der Waals surface area contributed by atoms with Gasteiger partial charge in [0.15, 0.2) is 6.79 Å². The molecule has 1 aliphatic carbocycles. The molecule has 0 amide bonds. The van der Waals surface area contributed by atoms with Gasteiger partial charge in [-0.15, -0.1) is 0 Å². The first-order chi connectivity index (χ1) is 10.6. The van der Waals surface area contributed by atoms with Crippen LogP contribution in [0.1, 0.15) is 32.3 Å². The summed E-state index contributed by atoms with van der Waals surface area (Å²) in [5.41, 5.74) is 2.39. The Bertz CT molecular complexity index is 535. The average Bonchev–Trinajstić information content (AvgIpc) is 2.57. The first-order valence-corrected chi connectivity index (χ1v) is 9.70. The molecule has 2 rings (SSSR count). The van der Waals surface area contributed by atoms with Crippen LogP contribution in [0.15, 0.2) is 53.8 Å². The van der Waals surface area contributed by atoms with E-state index in [0.29, 0.717) is 7.93 Å². The molecule has 1 aromatic carbocycles. The van der Waals surface area contributed by atoms with Crippen molar-refractivity contribution in [1.82, 2.24) is 0 Å². The van der Waals surface area contributed by atoms with Crippen molar-refractivity contribution in [2.24, 2.45) is 5.92 Å². The fraction of sp³-hybridized carbons (Fsp3) is 0.444. The molecular weight excluding hydrogens is 315 g/mol. The fourth-order valence-corrected chi connectivity index (χ4v) is 4.22. The largest absolute Gasteiger partial charge is 0.471 e. The zero-order valence-electron chi connectivity index (χ0n) is 13.2. The van der Waals surface area contributed by atoms with Gasteiger partial charge in [-0.05, 0) is 31.9 Å². The molecule has 0 saturated heterocycles. The highest BCUT2D eigenvalue weighted by atomic mass is 35.7. The number of allylic oxidation sites excluding steroid dienone is 4. The number of benzene rings is 1. The van der Waals surface area contributed by atoms with E-state index in [1.54, 1.807) is 0 Å². The number of hydrogen-bond donors (Lipinski definition) is 1. The predicted octanol–water partition coefficient (Wildman–Crippen LogP) is 5.03. The molecule has 0 radical (unpaired) electrons. The van der Waals surface area contributed by atoms with Crippen molar-refractivity contribution in [3.63, 3.8) is 0 Å². The second kappa shape index (κ2) is 8.15. The summed E-state index contributed by atoms with van der Waals surface area (Å²) in [5.74, 6) is 1.13. The number of halogens is 1. The molecule has 22 heavy (non-hydrogen) atoms. The summed E-state index contributed by atoms with van der Waals surface area (Å²) in [6.07, 6.45) is 7.05. The Labute approximate surface area is 139 Å². The molecule has 0 spiro atoms. The van der Waals surface area contributed by atoms with E-state index in [1.165, 1.54) is 5.56 Å². The van der Waals surface area contributed by atoms with Gasteiger partial charge < -0.3 is 9.84 Å². The maximum absolute atomic E-state index is 9.32. The third kappa shape index (κ3) is 3.93. The van der Waals surface area contributed by atoms with E-state index in [0.717, 1.165) is 30.6 Å². The lowest BCUT2D eigenvalue weighted by Crippen LogP contribution is -2.32. The lowest BCUT2D eigenvalue weighted by Gasteiger charge is -2.38. The SMILES string of the molecule is CCC(C)(PCl)C1CC=CC(Cc2ccccc2)=C1OCO. The fourth-order valence-electron chi connectivity index (χ4n) is 2.91. The summed E-state index contributed by atoms with van der Waals surface area (Å²) in [6, 6.07) is 10.3. The van der Waals surface area contributed by atoms with Crippen LogP contribution in [0.5, 0.6) is 0 Å². The van der Waals surface area contributed by atoms with Gasteiger partial charge in [-0.2, -0.15) is 0 Å². The number of aliphatic hydroxyl groups excluding tert-OH is 1. The zero-order valence-corrected chi connectivity index (χ0v) is 14.9. The van der Waals surface area contributed by atoms with Crippen molar-refractivity contribution in [3.05, 3.63) is 59.4 Å². The summed E-state index contributed by atoms with van der Waals surface area (Å²) in [6.45, 7) is 4.09. The Morgan fingerprint density at radius 1 is 1.36 bits per heavy atom. The van der Waals surface area contributed by atoms with Gasteiger partial charge in [-0.3, -0.25) is 0 Å². The molecule has 1 aliphatic rings. The van der Waals surface area contributed by atoms with Crippen LogP contribution < -0.4 is 0 Å². The third-order valence-corrected chi connectivity index (χ3v) is 6.93. The molecule has 0 bridgehead atoms. The van der Waals surface area contributed by atoms with Crippen LogP contribution >= 0.6 is 19.2 Å². The number of rotatable bonds is 7. The van der Waals surface area contributed by atoms with E-state index in [-0.39, 0.29) is 17.9 Å². The van der Waals surface area contributed by atoms with Crippen molar-refractivity contribution < 1.29 is 9.84 Å². The molecule has 1 aromatic rings. The lowest BCUT2D eigenvalue weighted by molar-refractivity contribution is 0.0223. The van der Waals surface area contributed by atoms with Crippen LogP contribution in [0.25, 0.3) is 0 Å². The minimum atomic E-state index is -0.289. The van der Waals surface area contributed by atoms with Crippen LogP contribution in [-0.4, -0.2) is 17.1 Å². The first kappa shape index (κ1) is 17.5. The molecule has 0 fully saturated rings. The van der Waals surface area contributed by atoms with Gasteiger partial charge in [0.05, 0.1) is 0 Å². The Morgan fingerprint density at radius 3 is 2.68 bits per heavy atom. The van der Waals surface area contributed by atoms with Gasteiger partial charge in [-0.25, -0.2) is 0 Å². The topological polar surface area (TPSA) is 29.5 Å². The van der Waals surface area contributed by atoms with E-state index >= 15 is 0 Å². The van der Waals surface area contributed by atoms with Crippen molar-refractivity contribution >= 4 is 19.2 Å². The van der Waals surface area contributed by atoms with Crippen LogP contribution in [0.3, 0.4) is 0 Å². The van der Waals surface area contributed by atoms with Gasteiger partial charge in [0.25, 0.3) is 0 Å². The third-order valence-electron chi connectivity index (χ3n) is 4.50. The first-order valence-electron chi connectivity index (χ1n) is 7.69. The van der Waals surface area contributed by atoms with Crippen molar-refractivity contribution in [3.8, 4) is 0 Å². The van der Waals surface area contributed by atoms with Gasteiger partial charge in [0, 0.05) is 17.5 Å². The standard InChI is InChI=1S/C18H24ClO2P/c1-3-18(2,22-19)16-11-7-10-15(17(16)21-13-20)12-14-8-5-4-6-9-14/h4-10,16,20,22H,3,11-13H2,1-2H3. The normalized spacial score (nSPS) is 21.4. The molecule has 0 saturated carbocycles. The summed E-state index contributed by atoms with van der Waals surface area (Å²) in [7, 11) is 0.323. The van der Waals surface area contributed by atoms with Gasteiger partial charge >= 0.3 is 0 Å². The van der Waals surface area contributed by atoms with Crippen molar-refractivity contribution in [1.29, 1.82) is 0 Å². The number of ether oxygens (including phenoxy) is 1. The maximum Gasteiger partial charge on any atom is 0.185 e. The molecule has 0 heterocycles. The Hall–Kier alpha value is -0.820. The number of aliphatic hydroxyl groups is 1. The van der Waals surface area contributed by atoms with Crippen molar-refractivity contribution in [2.45, 2.75) is 38.3 Å². The highest BCUT2D eigenvalue weighted by Gasteiger charge is 2.37. The Morgan fingerprint density at radius 2 is 2.09 bits per heavy atom. The summed E-state index contributed by atoms with van der Waals surface area (Å²) < 4.78 is 5.66. The van der Waals surface area contributed by atoms with E-state index < -0.39 is 0 Å². The highest BCUT2D eigenvalue weighted by molar-refractivity contribution is 7.69. The Kier molecular flexibility index (Phi) is 6.50. The van der Waals surface area contributed by atoms with Gasteiger partial charge in [-0.1, -0.05) is 67.6 Å². The molecule has 3 unspecified atom stereocenters. The summed E-state index contributed by atoms with van der Waals surface area (Å²) in [4.78, 5) is 0. The summed E-state index contributed by atoms with van der Waals surface area (Å²) in [5, 5.41) is 9.32. The van der Waals surface area contributed by atoms with E-state index in [4.69, 9.17) is 16.0 Å². The molecule has 1 N–H and O–H groups in total. The molecular formula is C18H24ClO2P. The molecule has 0 aromatic heterocycles. The highest BCUT2D eigenvalue weighted by Crippen LogP contribution is 2.50. The van der Waals surface area contributed by atoms with E-state index in [2.05, 4.69) is 38.1 Å². The van der Waals surface area contributed by atoms with Crippen LogP contribution in [0.2, 0.25) is 0 Å². The second-order valence-electron chi connectivity index (χ2n) is 5.88. The van der Waals surface area contributed by atoms with Crippen LogP contribution in [-0.2, 0) is 11.2 Å². The summed E-state index contributed by atoms with van der Waals surface area (Å²) >= 11 is 6.28. The van der Waals surface area contributed by atoms with E-state index in [9.17, 15) is 5.11 Å². The smallest absolute Gasteiger partial charge is 0.185 e. The molecule has 3 atom stereocenters. The monoisotopic (exact) mass is 338 g/mol. The van der Waals surface area contributed by atoms with Crippen LogP contribution in [0.4, 0.5) is 0 Å². The molecule has 120 valence electrons. The minimum Gasteiger partial charge on any atom is -0.471 e. The lowest BCUT2D eigenvalue weighted by atomic mass is 9.80. The zero-order chi connectivity index (χ0) is 16.0. The quantitative estimate of drug-likeness (QED) is 0.558. The molecule has 4 heteroatoms. The second-order valence-corrected chi connectivity index (χ2v) is 7.78. The molecule has 2 nitrogen and oxygen atoms in total. The average molecular weight is 339 g/mol. The minimum absolute atomic E-state index is 0.00123. The predicted molar refractivity (Wildman–Crippen MR) is 95.5 cm³/mol. The van der Waals surface area contributed by atoms with Gasteiger partial charge in [0.2, 0.25) is 0 Å². The van der Waals surface area contributed by atoms with Crippen molar-refractivity contribution in [2.75, 3.05) is 6.79 Å². The molecule has 0 aliphatic heterocycles. The van der Waals surface area contributed by atoms with Gasteiger partial charge in [0.1, 0.15) is 5.76 Å². The maximum atomic E-state index is 9.32. The number of hydrogen-bond acceptors (Lipinski definition) is 2.